The molecule has 26 heavy (non-hydrogen) atoms. The first-order chi connectivity index (χ1) is 12.8. The van der Waals surface area contributed by atoms with Crippen LogP contribution in [0.25, 0.3) is 21.8 Å². The molecule has 0 aliphatic carbocycles. The zero-order valence-electron chi connectivity index (χ0n) is 14.1. The van der Waals surface area contributed by atoms with Crippen molar-refractivity contribution in [3.63, 3.8) is 0 Å². The van der Waals surface area contributed by atoms with E-state index in [0.29, 0.717) is 0 Å². The fraction of sp³-hybridized carbons (Fsp3) is 0.0435. The molecule has 2 heterocycles. The molecule has 0 spiro atoms. The highest BCUT2D eigenvalue weighted by atomic mass is 16.3. The molecule has 2 aromatic heterocycles. The topological polar surface area (TPSA) is 51.8 Å². The third kappa shape index (κ3) is 2.45. The predicted octanol–water partition coefficient (Wildman–Crippen LogP) is 5.54. The second kappa shape index (κ2) is 5.81. The monoisotopic (exact) mass is 338 g/mol. The van der Waals surface area contributed by atoms with Gasteiger partial charge in [0, 0.05) is 22.4 Å². The Morgan fingerprint density at radius 3 is 1.62 bits per heavy atom. The van der Waals surface area contributed by atoms with Gasteiger partial charge in [0.25, 0.3) is 0 Å². The van der Waals surface area contributed by atoms with Crippen molar-refractivity contribution in [3.8, 4) is 5.75 Å². The van der Waals surface area contributed by atoms with E-state index in [-0.39, 0.29) is 11.7 Å². The number of H-pyrrole nitrogens is 2. The van der Waals surface area contributed by atoms with Gasteiger partial charge < -0.3 is 15.1 Å². The molecule has 3 nitrogen and oxygen atoms in total. The minimum Gasteiger partial charge on any atom is -0.508 e. The highest BCUT2D eigenvalue weighted by molar-refractivity contribution is 5.82. The third-order valence-electron chi connectivity index (χ3n) is 4.95. The number of rotatable bonds is 3. The van der Waals surface area contributed by atoms with E-state index in [2.05, 4.69) is 58.5 Å². The predicted molar refractivity (Wildman–Crippen MR) is 106 cm³/mol. The number of hydrogen-bond donors (Lipinski definition) is 3. The highest BCUT2D eigenvalue weighted by Crippen LogP contribution is 2.35. The molecule has 0 bridgehead atoms. The zero-order valence-corrected chi connectivity index (χ0v) is 14.1. The van der Waals surface area contributed by atoms with Crippen molar-refractivity contribution in [2.24, 2.45) is 0 Å². The Morgan fingerprint density at radius 2 is 1.12 bits per heavy atom. The lowest BCUT2D eigenvalue weighted by Gasteiger charge is -2.15. The van der Waals surface area contributed by atoms with Gasteiger partial charge in [-0.1, -0.05) is 48.5 Å². The maximum absolute atomic E-state index is 9.69. The van der Waals surface area contributed by atoms with Gasteiger partial charge in [-0.15, -0.1) is 0 Å². The lowest BCUT2D eigenvalue weighted by atomic mass is 9.92. The van der Waals surface area contributed by atoms with Crippen molar-refractivity contribution in [1.29, 1.82) is 0 Å². The normalized spacial score (nSPS) is 11.6. The summed E-state index contributed by atoms with van der Waals surface area (Å²) in [5, 5.41) is 12.1. The van der Waals surface area contributed by atoms with Gasteiger partial charge in [-0.05, 0) is 52.7 Å². The first kappa shape index (κ1) is 14.8. The molecule has 5 aromatic rings. The van der Waals surface area contributed by atoms with Crippen molar-refractivity contribution in [2.75, 3.05) is 0 Å². The third-order valence-corrected chi connectivity index (χ3v) is 4.95. The number of aromatic nitrogens is 2. The molecule has 3 heteroatoms. The van der Waals surface area contributed by atoms with Gasteiger partial charge in [-0.25, -0.2) is 0 Å². The molecule has 126 valence electrons. The summed E-state index contributed by atoms with van der Waals surface area (Å²) >= 11 is 0. The van der Waals surface area contributed by atoms with Gasteiger partial charge in [0.15, 0.2) is 0 Å². The first-order valence-electron chi connectivity index (χ1n) is 8.72. The molecule has 0 unspecified atom stereocenters. The molecule has 0 saturated heterocycles. The number of hydrogen-bond acceptors (Lipinski definition) is 1. The van der Waals surface area contributed by atoms with Gasteiger partial charge in [-0.3, -0.25) is 0 Å². The van der Waals surface area contributed by atoms with Crippen LogP contribution in [0, 0.1) is 0 Å². The van der Waals surface area contributed by atoms with Gasteiger partial charge in [0.05, 0.1) is 5.92 Å². The Labute approximate surface area is 150 Å². The fourth-order valence-electron chi connectivity index (χ4n) is 3.70. The van der Waals surface area contributed by atoms with Crippen molar-refractivity contribution >= 4 is 21.8 Å². The summed E-state index contributed by atoms with van der Waals surface area (Å²) in [5.74, 6) is 0.316. The smallest absolute Gasteiger partial charge is 0.115 e. The number of fused-ring (bicyclic) bond motifs is 2. The van der Waals surface area contributed by atoms with Crippen LogP contribution >= 0.6 is 0 Å². The molecule has 3 aromatic carbocycles. The lowest BCUT2D eigenvalue weighted by molar-refractivity contribution is 0.475. The number of para-hydroxylation sites is 2. The Bertz CT molecular complexity index is 1060. The standard InChI is InChI=1S/C23H18N2O/c26-18-11-9-15(10-12-18)23(21-13-16-5-1-3-7-19(16)24-21)22-14-17-6-2-4-8-20(17)25-22/h1-14,23-26H. The van der Waals surface area contributed by atoms with E-state index in [9.17, 15) is 5.11 Å². The molecule has 3 N–H and O–H groups in total. The summed E-state index contributed by atoms with van der Waals surface area (Å²) in [6, 6.07) is 28.5. The number of benzene rings is 3. The van der Waals surface area contributed by atoms with E-state index in [1.165, 1.54) is 10.8 Å². The first-order valence-corrected chi connectivity index (χ1v) is 8.72. The molecule has 0 amide bonds. The molecule has 0 saturated carbocycles. The average molecular weight is 338 g/mol. The molecule has 5 rings (SSSR count). The van der Waals surface area contributed by atoms with Crippen molar-refractivity contribution in [2.45, 2.75) is 5.92 Å². The fourth-order valence-corrected chi connectivity index (χ4v) is 3.70. The largest absolute Gasteiger partial charge is 0.508 e. The molecule has 0 radical (unpaired) electrons. The van der Waals surface area contributed by atoms with E-state index in [0.717, 1.165) is 28.0 Å². The molecule has 0 aliphatic heterocycles. The maximum atomic E-state index is 9.69. The summed E-state index contributed by atoms with van der Waals surface area (Å²) < 4.78 is 0. The van der Waals surface area contributed by atoms with E-state index in [4.69, 9.17) is 0 Å². The van der Waals surface area contributed by atoms with Gasteiger partial charge in [-0.2, -0.15) is 0 Å². The van der Waals surface area contributed by atoms with E-state index >= 15 is 0 Å². The lowest BCUT2D eigenvalue weighted by Crippen LogP contribution is -2.04. The second-order valence-electron chi connectivity index (χ2n) is 6.65. The van der Waals surface area contributed by atoms with E-state index in [1.807, 2.05) is 24.3 Å². The van der Waals surface area contributed by atoms with Crippen LogP contribution in [0.5, 0.6) is 5.75 Å². The molecule has 0 aliphatic rings. The summed E-state index contributed by atoms with van der Waals surface area (Å²) in [6.07, 6.45) is 0. The molecular formula is C23H18N2O. The number of aromatic hydroxyl groups is 1. The number of aromatic amines is 2. The van der Waals surface area contributed by atoms with Crippen LogP contribution in [0.15, 0.2) is 84.9 Å². The van der Waals surface area contributed by atoms with E-state index < -0.39 is 0 Å². The van der Waals surface area contributed by atoms with Crippen LogP contribution < -0.4 is 0 Å². The summed E-state index contributed by atoms with van der Waals surface area (Å²) in [5.41, 5.74) is 5.64. The van der Waals surface area contributed by atoms with Gasteiger partial charge in [0.1, 0.15) is 5.75 Å². The SMILES string of the molecule is Oc1ccc(C(c2cc3ccccc3[nH]2)c2cc3ccccc3[nH]2)cc1. The Morgan fingerprint density at radius 1 is 0.615 bits per heavy atom. The summed E-state index contributed by atoms with van der Waals surface area (Å²) in [6.45, 7) is 0. The number of nitrogens with one attached hydrogen (secondary N) is 2. The van der Waals surface area contributed by atoms with Gasteiger partial charge >= 0.3 is 0 Å². The Balaban J connectivity index is 1.72. The molecule has 0 atom stereocenters. The highest BCUT2D eigenvalue weighted by Gasteiger charge is 2.21. The summed E-state index contributed by atoms with van der Waals surface area (Å²) in [4.78, 5) is 7.14. The average Bonchev–Trinajstić information content (AvgIpc) is 3.27. The van der Waals surface area contributed by atoms with E-state index in [1.54, 1.807) is 12.1 Å². The molecular weight excluding hydrogens is 320 g/mol. The van der Waals surface area contributed by atoms with Crippen molar-refractivity contribution in [3.05, 3.63) is 102 Å². The van der Waals surface area contributed by atoms with Crippen LogP contribution in [0.2, 0.25) is 0 Å². The van der Waals surface area contributed by atoms with Crippen LogP contribution in [0.4, 0.5) is 0 Å². The number of phenolic OH excluding ortho intramolecular Hbond substituents is 1. The van der Waals surface area contributed by atoms with Crippen molar-refractivity contribution < 1.29 is 5.11 Å². The zero-order chi connectivity index (χ0) is 17.5. The maximum Gasteiger partial charge on any atom is 0.115 e. The quantitative estimate of drug-likeness (QED) is 0.398. The van der Waals surface area contributed by atoms with Crippen LogP contribution in [0.1, 0.15) is 22.9 Å². The van der Waals surface area contributed by atoms with Crippen LogP contribution in [0.3, 0.4) is 0 Å². The number of phenols is 1. The minimum absolute atomic E-state index is 0.0374. The molecule has 0 fully saturated rings. The van der Waals surface area contributed by atoms with Crippen molar-refractivity contribution in [1.82, 2.24) is 9.97 Å². The summed E-state index contributed by atoms with van der Waals surface area (Å²) in [7, 11) is 0. The Hall–Kier alpha value is -3.46. The Kier molecular flexibility index (Phi) is 3.32. The van der Waals surface area contributed by atoms with Gasteiger partial charge in [0.2, 0.25) is 0 Å². The second-order valence-corrected chi connectivity index (χ2v) is 6.65. The minimum atomic E-state index is 0.0374. The van der Waals surface area contributed by atoms with Crippen LogP contribution in [-0.4, -0.2) is 15.1 Å². The van der Waals surface area contributed by atoms with Crippen LogP contribution in [-0.2, 0) is 0 Å².